The van der Waals surface area contributed by atoms with E-state index >= 15 is 0 Å². The van der Waals surface area contributed by atoms with Crippen molar-refractivity contribution in [1.82, 2.24) is 10.2 Å². The van der Waals surface area contributed by atoms with Crippen molar-refractivity contribution in [2.45, 2.75) is 12.6 Å². The molecule has 0 radical (unpaired) electrons. The van der Waals surface area contributed by atoms with E-state index in [-0.39, 0.29) is 12.1 Å². The topological polar surface area (TPSA) is 41.6 Å². The molecule has 1 saturated heterocycles. The van der Waals surface area contributed by atoms with Gasteiger partial charge in [-0.05, 0) is 24.1 Å². The number of carbonyl (C=O) groups is 1. The van der Waals surface area contributed by atoms with E-state index in [0.717, 1.165) is 12.0 Å². The molecule has 2 rings (SSSR count). The van der Waals surface area contributed by atoms with E-state index in [1.165, 1.54) is 0 Å². The van der Waals surface area contributed by atoms with Crippen LogP contribution in [0.1, 0.15) is 18.2 Å². The Hall–Kier alpha value is -1.10. The molecule has 18 heavy (non-hydrogen) atoms. The first kappa shape index (κ1) is 13.3. The number of rotatable bonds is 5. The summed E-state index contributed by atoms with van der Waals surface area (Å²) >= 11 is 5.98. The Balaban J connectivity index is 2.08. The molecule has 1 aliphatic rings. The van der Waals surface area contributed by atoms with Crippen LogP contribution in [-0.2, 0) is 9.53 Å². The van der Waals surface area contributed by atoms with Gasteiger partial charge in [0, 0.05) is 25.3 Å². The first-order chi connectivity index (χ1) is 8.72. The standard InChI is InChI=1S/C13H17ClN2O2/c1-18-7-3-6-16-12(17)9-15-13(16)10-4-2-5-11(14)8-10/h2,4-5,8,13,15H,3,6-7,9H2,1H3. The molecular weight excluding hydrogens is 252 g/mol. The van der Waals surface area contributed by atoms with Crippen molar-refractivity contribution >= 4 is 17.5 Å². The van der Waals surface area contributed by atoms with E-state index in [0.29, 0.717) is 24.7 Å². The highest BCUT2D eigenvalue weighted by atomic mass is 35.5. The van der Waals surface area contributed by atoms with Gasteiger partial charge in [-0.15, -0.1) is 0 Å². The maximum Gasteiger partial charge on any atom is 0.238 e. The van der Waals surface area contributed by atoms with Gasteiger partial charge in [-0.2, -0.15) is 0 Å². The third-order valence-corrected chi connectivity index (χ3v) is 3.23. The van der Waals surface area contributed by atoms with Gasteiger partial charge in [0.25, 0.3) is 0 Å². The molecule has 4 nitrogen and oxygen atoms in total. The van der Waals surface area contributed by atoms with Crippen LogP contribution in [0.3, 0.4) is 0 Å². The molecule has 1 aromatic carbocycles. The number of halogens is 1. The number of ether oxygens (including phenoxy) is 1. The lowest BCUT2D eigenvalue weighted by Crippen LogP contribution is -2.31. The fraction of sp³-hybridized carbons (Fsp3) is 0.462. The summed E-state index contributed by atoms with van der Waals surface area (Å²) in [6, 6.07) is 7.60. The van der Waals surface area contributed by atoms with Crippen LogP contribution in [0, 0.1) is 0 Å². The summed E-state index contributed by atoms with van der Waals surface area (Å²) in [5.74, 6) is 0.121. The number of methoxy groups -OCH3 is 1. The molecule has 0 spiro atoms. The van der Waals surface area contributed by atoms with Crippen molar-refractivity contribution in [1.29, 1.82) is 0 Å². The minimum absolute atomic E-state index is 0.0759. The van der Waals surface area contributed by atoms with Gasteiger partial charge >= 0.3 is 0 Å². The van der Waals surface area contributed by atoms with Crippen LogP contribution in [0.25, 0.3) is 0 Å². The lowest BCUT2D eigenvalue weighted by Gasteiger charge is -2.24. The minimum atomic E-state index is -0.0759. The normalized spacial score (nSPS) is 19.6. The van der Waals surface area contributed by atoms with Crippen molar-refractivity contribution in [3.63, 3.8) is 0 Å². The van der Waals surface area contributed by atoms with Crippen LogP contribution in [0.4, 0.5) is 0 Å². The average molecular weight is 269 g/mol. The summed E-state index contributed by atoms with van der Waals surface area (Å²) in [5.41, 5.74) is 1.02. The SMILES string of the molecule is COCCCN1C(=O)CNC1c1cccc(Cl)c1. The fourth-order valence-electron chi connectivity index (χ4n) is 2.15. The van der Waals surface area contributed by atoms with Crippen molar-refractivity contribution < 1.29 is 9.53 Å². The zero-order valence-corrected chi connectivity index (χ0v) is 11.1. The van der Waals surface area contributed by atoms with Gasteiger partial charge in [0.2, 0.25) is 5.91 Å². The van der Waals surface area contributed by atoms with Crippen LogP contribution in [0.15, 0.2) is 24.3 Å². The Morgan fingerprint density at radius 3 is 3.11 bits per heavy atom. The summed E-state index contributed by atoms with van der Waals surface area (Å²) in [6.07, 6.45) is 0.758. The second kappa shape index (κ2) is 6.18. The van der Waals surface area contributed by atoms with E-state index in [2.05, 4.69) is 5.32 Å². The van der Waals surface area contributed by atoms with Crippen LogP contribution < -0.4 is 5.32 Å². The zero-order chi connectivity index (χ0) is 13.0. The van der Waals surface area contributed by atoms with Crippen molar-refractivity contribution in [2.75, 3.05) is 26.8 Å². The third kappa shape index (κ3) is 3.02. The molecule has 98 valence electrons. The Kier molecular flexibility index (Phi) is 4.58. The summed E-state index contributed by atoms with van der Waals surface area (Å²) in [5, 5.41) is 3.89. The molecule has 1 unspecified atom stereocenters. The lowest BCUT2D eigenvalue weighted by atomic mass is 10.1. The summed E-state index contributed by atoms with van der Waals surface area (Å²) in [6.45, 7) is 1.73. The van der Waals surface area contributed by atoms with Gasteiger partial charge in [-0.25, -0.2) is 0 Å². The first-order valence-corrected chi connectivity index (χ1v) is 6.37. The molecule has 1 aliphatic heterocycles. The molecule has 1 amide bonds. The van der Waals surface area contributed by atoms with E-state index < -0.39 is 0 Å². The van der Waals surface area contributed by atoms with Crippen LogP contribution in [0.2, 0.25) is 5.02 Å². The van der Waals surface area contributed by atoms with Gasteiger partial charge in [-0.3, -0.25) is 10.1 Å². The number of nitrogens with zero attached hydrogens (tertiary/aromatic N) is 1. The van der Waals surface area contributed by atoms with E-state index in [1.807, 2.05) is 29.2 Å². The smallest absolute Gasteiger partial charge is 0.238 e. The quantitative estimate of drug-likeness (QED) is 0.828. The molecule has 1 fully saturated rings. The molecule has 0 saturated carbocycles. The van der Waals surface area contributed by atoms with Crippen LogP contribution in [0.5, 0.6) is 0 Å². The van der Waals surface area contributed by atoms with E-state index in [9.17, 15) is 4.79 Å². The largest absolute Gasteiger partial charge is 0.385 e. The minimum Gasteiger partial charge on any atom is -0.385 e. The number of hydrogen-bond donors (Lipinski definition) is 1. The summed E-state index contributed by atoms with van der Waals surface area (Å²) < 4.78 is 5.02. The van der Waals surface area contributed by atoms with Crippen molar-refractivity contribution in [3.8, 4) is 0 Å². The molecule has 0 bridgehead atoms. The number of amides is 1. The Labute approximate surface area is 112 Å². The van der Waals surface area contributed by atoms with Gasteiger partial charge in [0.15, 0.2) is 0 Å². The van der Waals surface area contributed by atoms with Crippen LogP contribution in [-0.4, -0.2) is 37.6 Å². The molecule has 1 atom stereocenters. The number of carbonyl (C=O) groups excluding carboxylic acids is 1. The second-order valence-corrected chi connectivity index (χ2v) is 4.71. The van der Waals surface area contributed by atoms with Crippen molar-refractivity contribution in [3.05, 3.63) is 34.9 Å². The number of hydrogen-bond acceptors (Lipinski definition) is 3. The van der Waals surface area contributed by atoms with Crippen molar-refractivity contribution in [2.24, 2.45) is 0 Å². The molecule has 0 aliphatic carbocycles. The summed E-state index contributed by atoms with van der Waals surface area (Å²) in [4.78, 5) is 13.7. The molecular formula is C13H17ClN2O2. The van der Waals surface area contributed by atoms with Gasteiger partial charge in [-0.1, -0.05) is 23.7 Å². The molecule has 0 aromatic heterocycles. The maximum absolute atomic E-state index is 11.8. The predicted octanol–water partition coefficient (Wildman–Crippen LogP) is 1.81. The highest BCUT2D eigenvalue weighted by Gasteiger charge is 2.30. The Morgan fingerprint density at radius 2 is 2.39 bits per heavy atom. The zero-order valence-electron chi connectivity index (χ0n) is 10.4. The lowest BCUT2D eigenvalue weighted by molar-refractivity contribution is -0.128. The number of nitrogens with one attached hydrogen (secondary N) is 1. The first-order valence-electron chi connectivity index (χ1n) is 5.99. The third-order valence-electron chi connectivity index (χ3n) is 2.99. The van der Waals surface area contributed by atoms with Gasteiger partial charge < -0.3 is 9.64 Å². The second-order valence-electron chi connectivity index (χ2n) is 4.27. The Bertz CT molecular complexity index is 425. The number of benzene rings is 1. The van der Waals surface area contributed by atoms with Gasteiger partial charge in [0.1, 0.15) is 6.17 Å². The highest BCUT2D eigenvalue weighted by molar-refractivity contribution is 6.30. The van der Waals surface area contributed by atoms with Crippen LogP contribution >= 0.6 is 11.6 Å². The van der Waals surface area contributed by atoms with E-state index in [1.54, 1.807) is 7.11 Å². The molecule has 5 heteroatoms. The monoisotopic (exact) mass is 268 g/mol. The van der Waals surface area contributed by atoms with E-state index in [4.69, 9.17) is 16.3 Å². The fourth-order valence-corrected chi connectivity index (χ4v) is 2.35. The molecule has 1 N–H and O–H groups in total. The Morgan fingerprint density at radius 1 is 1.56 bits per heavy atom. The maximum atomic E-state index is 11.8. The molecule has 1 aromatic rings. The average Bonchev–Trinajstić information content (AvgIpc) is 2.72. The summed E-state index contributed by atoms with van der Waals surface area (Å²) in [7, 11) is 1.67. The van der Waals surface area contributed by atoms with Gasteiger partial charge in [0.05, 0.1) is 6.54 Å². The highest BCUT2D eigenvalue weighted by Crippen LogP contribution is 2.24. The predicted molar refractivity (Wildman–Crippen MR) is 70.4 cm³/mol. The molecule has 1 heterocycles.